The molecule has 124 valence electrons. The van der Waals surface area contributed by atoms with Gasteiger partial charge in [-0.1, -0.05) is 13.8 Å². The van der Waals surface area contributed by atoms with Gasteiger partial charge in [-0.2, -0.15) is 0 Å². The van der Waals surface area contributed by atoms with Crippen LogP contribution < -0.4 is 10.6 Å². The molecule has 0 aromatic rings. The molecule has 0 bridgehead atoms. The van der Waals surface area contributed by atoms with E-state index < -0.39 is 12.0 Å². The molecule has 6 nitrogen and oxygen atoms in total. The first-order valence-electron chi connectivity index (χ1n) is 7.10. The van der Waals surface area contributed by atoms with Gasteiger partial charge in [-0.25, -0.2) is 0 Å². The largest absolute Gasteiger partial charge is 0.480 e. The van der Waals surface area contributed by atoms with Gasteiger partial charge in [0, 0.05) is 32.0 Å². The predicted molar refractivity (Wildman–Crippen MR) is 82.6 cm³/mol. The highest BCUT2D eigenvalue weighted by Gasteiger charge is 2.41. The van der Waals surface area contributed by atoms with Crippen LogP contribution in [0.15, 0.2) is 0 Å². The van der Waals surface area contributed by atoms with Crippen LogP contribution in [0.1, 0.15) is 33.6 Å². The number of methoxy groups -OCH3 is 1. The Morgan fingerprint density at radius 1 is 1.43 bits per heavy atom. The molecule has 1 fully saturated rings. The zero-order valence-corrected chi connectivity index (χ0v) is 13.9. The van der Waals surface area contributed by atoms with Crippen LogP contribution in [0.25, 0.3) is 0 Å². The van der Waals surface area contributed by atoms with E-state index >= 15 is 0 Å². The third kappa shape index (κ3) is 6.20. The lowest BCUT2D eigenvalue weighted by Gasteiger charge is -2.30. The van der Waals surface area contributed by atoms with E-state index in [1.54, 1.807) is 7.11 Å². The fourth-order valence-electron chi connectivity index (χ4n) is 2.95. The molecule has 1 rings (SSSR count). The van der Waals surface area contributed by atoms with Crippen molar-refractivity contribution in [3.63, 3.8) is 0 Å². The van der Waals surface area contributed by atoms with E-state index in [0.717, 1.165) is 6.42 Å². The first-order valence-corrected chi connectivity index (χ1v) is 7.10. The Morgan fingerprint density at radius 2 is 2.05 bits per heavy atom. The molecule has 1 aliphatic heterocycles. The summed E-state index contributed by atoms with van der Waals surface area (Å²) in [5.74, 6) is -0.426. The number of aliphatic carboxylic acids is 1. The van der Waals surface area contributed by atoms with Crippen molar-refractivity contribution in [1.82, 2.24) is 10.6 Å². The van der Waals surface area contributed by atoms with Gasteiger partial charge >= 0.3 is 5.97 Å². The second kappa shape index (κ2) is 9.23. The van der Waals surface area contributed by atoms with E-state index in [9.17, 15) is 14.7 Å². The number of halogens is 1. The molecule has 0 spiro atoms. The maximum absolute atomic E-state index is 11.4. The average Bonchev–Trinajstić information content (AvgIpc) is 2.71. The molecule has 1 heterocycles. The van der Waals surface area contributed by atoms with E-state index in [-0.39, 0.29) is 36.3 Å². The van der Waals surface area contributed by atoms with Crippen LogP contribution in [-0.2, 0) is 14.3 Å². The van der Waals surface area contributed by atoms with Gasteiger partial charge in [0.25, 0.3) is 0 Å². The highest BCUT2D eigenvalue weighted by Crippen LogP contribution is 2.26. The maximum atomic E-state index is 11.4. The van der Waals surface area contributed by atoms with Gasteiger partial charge in [0.15, 0.2) is 0 Å². The Hall–Kier alpha value is -0.850. The summed E-state index contributed by atoms with van der Waals surface area (Å²) < 4.78 is 5.20. The summed E-state index contributed by atoms with van der Waals surface area (Å²) in [5.41, 5.74) is 0. The number of hydrogen-bond donors (Lipinski definition) is 3. The zero-order valence-electron chi connectivity index (χ0n) is 13.1. The summed E-state index contributed by atoms with van der Waals surface area (Å²) in [6.45, 7) is 6.16. The van der Waals surface area contributed by atoms with Crippen molar-refractivity contribution in [2.75, 3.05) is 13.7 Å². The van der Waals surface area contributed by atoms with Crippen LogP contribution in [0.4, 0.5) is 0 Å². The molecule has 0 unspecified atom stereocenters. The van der Waals surface area contributed by atoms with Gasteiger partial charge < -0.3 is 15.2 Å². The number of hydrogen-bond acceptors (Lipinski definition) is 4. The number of ether oxygens (including phenoxy) is 1. The van der Waals surface area contributed by atoms with E-state index in [2.05, 4.69) is 24.5 Å². The molecular formula is C14H27ClN2O4. The van der Waals surface area contributed by atoms with Crippen molar-refractivity contribution in [3.8, 4) is 0 Å². The molecule has 0 aromatic carbocycles. The molecule has 7 heteroatoms. The molecule has 21 heavy (non-hydrogen) atoms. The first kappa shape index (κ1) is 20.1. The molecule has 4 atom stereocenters. The van der Waals surface area contributed by atoms with Crippen molar-refractivity contribution in [2.45, 2.75) is 51.7 Å². The first-order chi connectivity index (χ1) is 9.35. The van der Waals surface area contributed by atoms with Gasteiger partial charge in [0.05, 0.1) is 6.61 Å². The smallest absolute Gasteiger partial charge is 0.320 e. The molecular weight excluding hydrogens is 296 g/mol. The number of nitrogens with one attached hydrogen (secondary N) is 2. The number of carboxylic acid groups (broad SMARTS) is 1. The zero-order chi connectivity index (χ0) is 15.3. The summed E-state index contributed by atoms with van der Waals surface area (Å²) in [4.78, 5) is 22.6. The van der Waals surface area contributed by atoms with Gasteiger partial charge in [0.1, 0.15) is 6.04 Å². The topological polar surface area (TPSA) is 87.7 Å². The lowest BCUT2D eigenvalue weighted by atomic mass is 9.89. The molecule has 1 saturated heterocycles. The fraction of sp³-hybridized carbons (Fsp3) is 0.857. The highest BCUT2D eigenvalue weighted by molar-refractivity contribution is 5.85. The summed E-state index contributed by atoms with van der Waals surface area (Å²) in [6.07, 6.45) is 1.34. The van der Waals surface area contributed by atoms with Gasteiger partial charge in [-0.15, -0.1) is 12.4 Å². The lowest BCUT2D eigenvalue weighted by molar-refractivity contribution is -0.139. The van der Waals surface area contributed by atoms with Gasteiger partial charge in [0.2, 0.25) is 5.91 Å². The Kier molecular flexibility index (Phi) is 8.85. The number of carbonyl (C=O) groups excluding carboxylic acids is 1. The summed E-state index contributed by atoms with van der Waals surface area (Å²) in [5, 5.41) is 15.3. The molecule has 1 amide bonds. The Labute approximate surface area is 132 Å². The average molecular weight is 323 g/mol. The van der Waals surface area contributed by atoms with Gasteiger partial charge in [-0.3, -0.25) is 14.9 Å². The third-order valence-corrected chi connectivity index (χ3v) is 3.67. The monoisotopic (exact) mass is 322 g/mol. The fourth-order valence-corrected chi connectivity index (χ4v) is 2.95. The number of amides is 1. The van der Waals surface area contributed by atoms with Crippen LogP contribution >= 0.6 is 12.4 Å². The minimum Gasteiger partial charge on any atom is -0.480 e. The lowest BCUT2D eigenvalue weighted by Crippen LogP contribution is -2.52. The van der Waals surface area contributed by atoms with Crippen molar-refractivity contribution in [3.05, 3.63) is 0 Å². The number of carbonyl (C=O) groups is 2. The molecule has 0 aromatic heterocycles. The number of rotatable bonds is 7. The van der Waals surface area contributed by atoms with Crippen molar-refractivity contribution in [2.24, 2.45) is 11.8 Å². The van der Waals surface area contributed by atoms with E-state index in [4.69, 9.17) is 4.74 Å². The Balaban J connectivity index is 0.00000400. The minimum atomic E-state index is -0.847. The molecule has 0 radical (unpaired) electrons. The van der Waals surface area contributed by atoms with Gasteiger partial charge in [-0.05, 0) is 18.8 Å². The second-order valence-electron chi connectivity index (χ2n) is 5.97. The Bertz CT molecular complexity index is 352. The van der Waals surface area contributed by atoms with Crippen molar-refractivity contribution < 1.29 is 19.4 Å². The summed E-state index contributed by atoms with van der Waals surface area (Å²) >= 11 is 0. The van der Waals surface area contributed by atoms with E-state index in [1.807, 2.05) is 0 Å². The normalized spacial score (nSPS) is 26.2. The molecule has 0 saturated carbocycles. The standard InChI is InChI=1S/C14H26N2O4.ClH/c1-8(2)5-11(15-9(3)17)13-10(7-20-4)6-12(16-13)14(18)19;/h8,10-13,16H,5-7H2,1-4H3,(H,15,17)(H,18,19);1H/t10-,11-,12+,13+;/m0./s1. The minimum absolute atomic E-state index is 0. The molecule has 1 aliphatic rings. The third-order valence-electron chi connectivity index (χ3n) is 3.67. The van der Waals surface area contributed by atoms with Crippen LogP contribution in [0, 0.1) is 11.8 Å². The van der Waals surface area contributed by atoms with Crippen LogP contribution in [0.3, 0.4) is 0 Å². The molecule has 3 N–H and O–H groups in total. The summed E-state index contributed by atoms with van der Waals surface area (Å²) in [7, 11) is 1.61. The van der Waals surface area contributed by atoms with Crippen LogP contribution in [-0.4, -0.2) is 48.8 Å². The predicted octanol–water partition coefficient (Wildman–Crippen LogP) is 1.04. The summed E-state index contributed by atoms with van der Waals surface area (Å²) in [6, 6.07) is -0.706. The second-order valence-corrected chi connectivity index (χ2v) is 5.97. The van der Waals surface area contributed by atoms with Crippen molar-refractivity contribution >= 4 is 24.3 Å². The number of carboxylic acids is 1. The van der Waals surface area contributed by atoms with E-state index in [1.165, 1.54) is 6.92 Å². The quantitative estimate of drug-likeness (QED) is 0.652. The van der Waals surface area contributed by atoms with Crippen LogP contribution in [0.5, 0.6) is 0 Å². The van der Waals surface area contributed by atoms with Crippen LogP contribution in [0.2, 0.25) is 0 Å². The van der Waals surface area contributed by atoms with E-state index in [0.29, 0.717) is 18.9 Å². The SMILES string of the molecule is COC[C@@H]1C[C@H](C(=O)O)N[C@H]1[C@H](CC(C)C)NC(C)=O.Cl. The highest BCUT2D eigenvalue weighted by atomic mass is 35.5. The Morgan fingerprint density at radius 3 is 2.48 bits per heavy atom. The van der Waals surface area contributed by atoms with Crippen molar-refractivity contribution in [1.29, 1.82) is 0 Å². The maximum Gasteiger partial charge on any atom is 0.320 e. The molecule has 0 aliphatic carbocycles.